The second-order valence-electron chi connectivity index (χ2n) is 5.07. The monoisotopic (exact) mass is 322 g/mol. The van der Waals surface area contributed by atoms with Crippen molar-refractivity contribution in [2.24, 2.45) is 0 Å². The Morgan fingerprint density at radius 2 is 1.96 bits per heavy atom. The molecule has 1 amide bonds. The molecule has 120 valence electrons. The van der Waals surface area contributed by atoms with Gasteiger partial charge in [-0.1, -0.05) is 24.3 Å². The number of para-hydroxylation sites is 3. The summed E-state index contributed by atoms with van der Waals surface area (Å²) in [6.45, 7) is 0.245. The van der Waals surface area contributed by atoms with Crippen LogP contribution < -0.4 is 5.32 Å². The molecule has 3 rings (SSSR count). The van der Waals surface area contributed by atoms with Gasteiger partial charge in [0.05, 0.1) is 28.1 Å². The van der Waals surface area contributed by atoms with E-state index in [0.717, 1.165) is 11.0 Å². The fourth-order valence-corrected chi connectivity index (χ4v) is 2.28. The summed E-state index contributed by atoms with van der Waals surface area (Å²) in [5.74, 6) is 0.289. The molecular weight excluding hydrogens is 308 g/mol. The summed E-state index contributed by atoms with van der Waals surface area (Å²) < 4.78 is 0. The molecule has 7 heteroatoms. The number of nitro groups is 1. The average Bonchev–Trinajstić information content (AvgIpc) is 3.01. The highest BCUT2D eigenvalue weighted by molar-refractivity contribution is 5.92. The van der Waals surface area contributed by atoms with Crippen molar-refractivity contribution in [2.75, 3.05) is 0 Å². The van der Waals surface area contributed by atoms with Gasteiger partial charge < -0.3 is 10.3 Å². The lowest BCUT2D eigenvalue weighted by Crippen LogP contribution is -2.20. The van der Waals surface area contributed by atoms with E-state index in [-0.39, 0.29) is 18.1 Å². The van der Waals surface area contributed by atoms with Crippen molar-refractivity contribution < 1.29 is 9.72 Å². The summed E-state index contributed by atoms with van der Waals surface area (Å²) in [6, 6.07) is 13.8. The summed E-state index contributed by atoms with van der Waals surface area (Å²) in [5, 5.41) is 13.6. The smallest absolute Gasteiger partial charge is 0.276 e. The van der Waals surface area contributed by atoms with E-state index in [1.165, 1.54) is 18.2 Å². The zero-order chi connectivity index (χ0) is 16.9. The van der Waals surface area contributed by atoms with Gasteiger partial charge in [-0.2, -0.15) is 0 Å². The van der Waals surface area contributed by atoms with E-state index in [9.17, 15) is 14.9 Å². The molecule has 24 heavy (non-hydrogen) atoms. The van der Waals surface area contributed by atoms with Crippen LogP contribution in [0.1, 0.15) is 11.4 Å². The van der Waals surface area contributed by atoms with E-state index in [4.69, 9.17) is 0 Å². The van der Waals surface area contributed by atoms with Crippen molar-refractivity contribution in [1.82, 2.24) is 15.3 Å². The minimum atomic E-state index is -0.480. The van der Waals surface area contributed by atoms with Crippen molar-refractivity contribution in [1.29, 1.82) is 0 Å². The van der Waals surface area contributed by atoms with E-state index >= 15 is 0 Å². The lowest BCUT2D eigenvalue weighted by atomic mass is 10.1. The number of hydrogen-bond acceptors (Lipinski definition) is 4. The number of rotatable bonds is 5. The Balaban J connectivity index is 1.64. The van der Waals surface area contributed by atoms with Crippen LogP contribution in [0.3, 0.4) is 0 Å². The summed E-state index contributed by atoms with van der Waals surface area (Å²) >= 11 is 0. The molecule has 0 fully saturated rings. The Kier molecular flexibility index (Phi) is 4.33. The number of nitrogens with one attached hydrogen (secondary N) is 2. The van der Waals surface area contributed by atoms with Crippen molar-refractivity contribution in [3.05, 3.63) is 76.1 Å². The van der Waals surface area contributed by atoms with Crippen molar-refractivity contribution >= 4 is 28.7 Å². The summed E-state index contributed by atoms with van der Waals surface area (Å²) in [5.41, 5.74) is 2.06. The van der Waals surface area contributed by atoms with Crippen LogP contribution in [0, 0.1) is 10.1 Å². The van der Waals surface area contributed by atoms with Gasteiger partial charge in [0.15, 0.2) is 0 Å². The molecule has 0 aliphatic heterocycles. The highest BCUT2D eigenvalue weighted by Crippen LogP contribution is 2.18. The molecule has 2 N–H and O–H groups in total. The van der Waals surface area contributed by atoms with Crippen molar-refractivity contribution in [2.45, 2.75) is 6.54 Å². The molecule has 0 saturated heterocycles. The standard InChI is InChI=1S/C17H14N4O3/c22-17(10-9-12-5-1-4-8-15(12)21(23)24)18-11-16-19-13-6-2-3-7-14(13)20-16/h1-10H,11H2,(H,18,22)(H,19,20). The third kappa shape index (κ3) is 3.46. The van der Waals surface area contributed by atoms with Crippen LogP contribution in [-0.2, 0) is 11.3 Å². The summed E-state index contributed by atoms with van der Waals surface area (Å²) in [7, 11) is 0. The first-order valence-corrected chi connectivity index (χ1v) is 7.26. The van der Waals surface area contributed by atoms with Crippen LogP contribution in [-0.4, -0.2) is 20.8 Å². The normalized spacial score (nSPS) is 11.0. The molecule has 0 radical (unpaired) electrons. The van der Waals surface area contributed by atoms with Gasteiger partial charge in [0.1, 0.15) is 5.82 Å². The molecule has 7 nitrogen and oxygen atoms in total. The number of hydrogen-bond donors (Lipinski definition) is 2. The number of carbonyl (C=O) groups is 1. The summed E-state index contributed by atoms with van der Waals surface area (Å²) in [6.07, 6.45) is 2.69. The lowest BCUT2D eigenvalue weighted by Gasteiger charge is -1.99. The van der Waals surface area contributed by atoms with Crippen molar-refractivity contribution in [3.63, 3.8) is 0 Å². The SMILES string of the molecule is O=C(C=Cc1ccccc1[N+](=O)[O-])NCc1nc2ccccc2[nH]1. The fraction of sp³-hybridized carbons (Fsp3) is 0.0588. The number of aromatic nitrogens is 2. The number of H-pyrrole nitrogens is 1. The van der Waals surface area contributed by atoms with E-state index < -0.39 is 4.92 Å². The summed E-state index contributed by atoms with van der Waals surface area (Å²) in [4.78, 5) is 29.8. The van der Waals surface area contributed by atoms with E-state index in [1.807, 2.05) is 24.3 Å². The number of nitrogens with zero attached hydrogens (tertiary/aromatic N) is 2. The Hall–Kier alpha value is -3.48. The Morgan fingerprint density at radius 3 is 2.75 bits per heavy atom. The minimum absolute atomic E-state index is 0.0427. The molecule has 1 aromatic heterocycles. The molecule has 0 saturated carbocycles. The van der Waals surface area contributed by atoms with E-state index in [0.29, 0.717) is 11.4 Å². The average molecular weight is 322 g/mol. The lowest BCUT2D eigenvalue weighted by molar-refractivity contribution is -0.385. The number of imidazole rings is 1. The van der Waals surface area contributed by atoms with Crippen LogP contribution >= 0.6 is 0 Å². The van der Waals surface area contributed by atoms with Crippen LogP contribution in [0.25, 0.3) is 17.1 Å². The number of nitro benzene ring substituents is 1. The maximum absolute atomic E-state index is 11.9. The molecule has 0 bridgehead atoms. The largest absolute Gasteiger partial charge is 0.345 e. The van der Waals surface area contributed by atoms with Gasteiger partial charge in [0.25, 0.3) is 5.69 Å². The highest BCUT2D eigenvalue weighted by atomic mass is 16.6. The zero-order valence-electron chi connectivity index (χ0n) is 12.6. The van der Waals surface area contributed by atoms with Gasteiger partial charge in [0.2, 0.25) is 5.91 Å². The topological polar surface area (TPSA) is 101 Å². The maximum Gasteiger partial charge on any atom is 0.276 e. The highest BCUT2D eigenvalue weighted by Gasteiger charge is 2.10. The number of aromatic amines is 1. The Labute approximate surface area is 137 Å². The van der Waals surface area contributed by atoms with Gasteiger partial charge in [0, 0.05) is 12.1 Å². The fourth-order valence-electron chi connectivity index (χ4n) is 2.28. The van der Waals surface area contributed by atoms with Crippen LogP contribution in [0.4, 0.5) is 5.69 Å². The van der Waals surface area contributed by atoms with Gasteiger partial charge in [-0.25, -0.2) is 4.98 Å². The van der Waals surface area contributed by atoms with E-state index in [1.54, 1.807) is 18.2 Å². The van der Waals surface area contributed by atoms with E-state index in [2.05, 4.69) is 15.3 Å². The van der Waals surface area contributed by atoms with Gasteiger partial charge >= 0.3 is 0 Å². The Morgan fingerprint density at radius 1 is 1.21 bits per heavy atom. The number of carbonyl (C=O) groups excluding carboxylic acids is 1. The third-order valence-electron chi connectivity index (χ3n) is 3.42. The first kappa shape index (κ1) is 15.4. The minimum Gasteiger partial charge on any atom is -0.345 e. The number of amides is 1. The predicted molar refractivity (Wildman–Crippen MR) is 90.1 cm³/mol. The van der Waals surface area contributed by atoms with Crippen LogP contribution in [0.5, 0.6) is 0 Å². The second-order valence-corrected chi connectivity index (χ2v) is 5.07. The maximum atomic E-state index is 11.9. The third-order valence-corrected chi connectivity index (χ3v) is 3.42. The molecule has 1 heterocycles. The Bertz CT molecular complexity index is 897. The molecule has 0 spiro atoms. The quantitative estimate of drug-likeness (QED) is 0.428. The zero-order valence-corrected chi connectivity index (χ0v) is 12.6. The van der Waals surface area contributed by atoms with Gasteiger partial charge in [-0.15, -0.1) is 0 Å². The molecule has 0 unspecified atom stereocenters. The van der Waals surface area contributed by atoms with Gasteiger partial charge in [-0.3, -0.25) is 14.9 Å². The molecule has 0 aliphatic rings. The molecule has 2 aromatic carbocycles. The number of fused-ring (bicyclic) bond motifs is 1. The van der Waals surface area contributed by atoms with Crippen LogP contribution in [0.2, 0.25) is 0 Å². The molecule has 0 atom stereocenters. The number of benzene rings is 2. The van der Waals surface area contributed by atoms with Crippen molar-refractivity contribution in [3.8, 4) is 0 Å². The van der Waals surface area contributed by atoms with Gasteiger partial charge in [-0.05, 0) is 24.3 Å². The molecule has 0 aliphatic carbocycles. The molecular formula is C17H14N4O3. The second kappa shape index (κ2) is 6.74. The first-order valence-electron chi connectivity index (χ1n) is 7.26. The van der Waals surface area contributed by atoms with Crippen LogP contribution in [0.15, 0.2) is 54.6 Å². The first-order chi connectivity index (χ1) is 11.6. The molecule has 3 aromatic rings. The predicted octanol–water partition coefficient (Wildman–Crippen LogP) is 2.80.